The topological polar surface area (TPSA) is 29.5 Å². The summed E-state index contributed by atoms with van der Waals surface area (Å²) in [5.41, 5.74) is 1.41. The van der Waals surface area contributed by atoms with Crippen LogP contribution in [0.5, 0.6) is 5.75 Å². The number of nitrogens with zero attached hydrogens (tertiary/aromatic N) is 1. The van der Waals surface area contributed by atoms with Crippen molar-refractivity contribution in [3.8, 4) is 5.75 Å². The maximum Gasteiger partial charge on any atom is 0.232 e. The molecule has 0 unspecified atom stereocenters. The minimum atomic E-state index is 0.271. The predicted molar refractivity (Wildman–Crippen MR) is 109 cm³/mol. The standard InChI is InChI=1S/C22H27NO2S/c24-22(18-26-16-15-25-21-9-5-2-6-10-21)23-13-11-20(12-14-23)17-19-7-3-1-4-8-19/h1-10,20H,11-18H2. The van der Waals surface area contributed by atoms with E-state index >= 15 is 0 Å². The van der Waals surface area contributed by atoms with Crippen molar-refractivity contribution in [2.24, 2.45) is 5.92 Å². The molecule has 4 heteroatoms. The smallest absolute Gasteiger partial charge is 0.232 e. The fraction of sp³-hybridized carbons (Fsp3) is 0.409. The number of hydrogen-bond acceptors (Lipinski definition) is 3. The summed E-state index contributed by atoms with van der Waals surface area (Å²) in [5.74, 6) is 3.26. The average molecular weight is 370 g/mol. The van der Waals surface area contributed by atoms with Gasteiger partial charge >= 0.3 is 0 Å². The van der Waals surface area contributed by atoms with E-state index in [4.69, 9.17) is 4.74 Å². The monoisotopic (exact) mass is 369 g/mol. The van der Waals surface area contributed by atoms with Gasteiger partial charge in [-0.2, -0.15) is 0 Å². The first-order chi connectivity index (χ1) is 12.8. The first kappa shape index (κ1) is 18.8. The van der Waals surface area contributed by atoms with E-state index < -0.39 is 0 Å². The van der Waals surface area contributed by atoms with Gasteiger partial charge in [-0.15, -0.1) is 11.8 Å². The summed E-state index contributed by atoms with van der Waals surface area (Å²) in [4.78, 5) is 14.4. The molecule has 1 aliphatic rings. The molecule has 138 valence electrons. The number of thioether (sulfide) groups is 1. The molecule has 3 rings (SSSR count). The molecule has 0 spiro atoms. The molecule has 0 aromatic heterocycles. The van der Waals surface area contributed by atoms with Gasteiger partial charge in [-0.1, -0.05) is 48.5 Å². The largest absolute Gasteiger partial charge is 0.493 e. The molecule has 2 aromatic carbocycles. The van der Waals surface area contributed by atoms with E-state index in [9.17, 15) is 4.79 Å². The Kier molecular flexibility index (Phi) is 7.44. The van der Waals surface area contributed by atoms with Gasteiger partial charge in [0.25, 0.3) is 0 Å². The number of ether oxygens (including phenoxy) is 1. The molecule has 1 heterocycles. The molecule has 1 aliphatic heterocycles. The van der Waals surface area contributed by atoms with Crippen molar-refractivity contribution in [2.75, 3.05) is 31.2 Å². The van der Waals surface area contributed by atoms with Gasteiger partial charge < -0.3 is 9.64 Å². The van der Waals surface area contributed by atoms with Crippen LogP contribution >= 0.6 is 11.8 Å². The highest BCUT2D eigenvalue weighted by molar-refractivity contribution is 7.99. The summed E-state index contributed by atoms with van der Waals surface area (Å²) in [6.07, 6.45) is 3.36. The van der Waals surface area contributed by atoms with Gasteiger partial charge in [-0.3, -0.25) is 4.79 Å². The van der Waals surface area contributed by atoms with Crippen LogP contribution in [-0.4, -0.2) is 42.0 Å². The molecule has 3 nitrogen and oxygen atoms in total. The third-order valence-electron chi connectivity index (χ3n) is 4.80. The molecule has 0 aliphatic carbocycles. The molecular formula is C22H27NO2S. The van der Waals surface area contributed by atoms with Crippen LogP contribution in [0.3, 0.4) is 0 Å². The molecule has 0 bridgehead atoms. The van der Waals surface area contributed by atoms with Gasteiger partial charge in [0, 0.05) is 18.8 Å². The van der Waals surface area contributed by atoms with Crippen LogP contribution in [0.25, 0.3) is 0 Å². The number of rotatable bonds is 8. The molecular weight excluding hydrogens is 342 g/mol. The van der Waals surface area contributed by atoms with Crippen LogP contribution in [0.4, 0.5) is 0 Å². The molecule has 0 N–H and O–H groups in total. The minimum Gasteiger partial charge on any atom is -0.493 e. The van der Waals surface area contributed by atoms with Crippen molar-refractivity contribution in [3.05, 3.63) is 66.2 Å². The number of carbonyl (C=O) groups is 1. The van der Waals surface area contributed by atoms with E-state index in [2.05, 4.69) is 30.3 Å². The zero-order valence-electron chi connectivity index (χ0n) is 15.2. The van der Waals surface area contributed by atoms with E-state index in [-0.39, 0.29) is 5.91 Å². The van der Waals surface area contributed by atoms with Crippen molar-refractivity contribution in [3.63, 3.8) is 0 Å². The minimum absolute atomic E-state index is 0.271. The second-order valence-electron chi connectivity index (χ2n) is 6.73. The zero-order valence-corrected chi connectivity index (χ0v) is 16.0. The Bertz CT molecular complexity index is 654. The highest BCUT2D eigenvalue weighted by Gasteiger charge is 2.22. The summed E-state index contributed by atoms with van der Waals surface area (Å²) < 4.78 is 5.66. The molecule has 1 amide bonds. The molecule has 2 aromatic rings. The number of amides is 1. The molecule has 1 saturated heterocycles. The Morgan fingerprint density at radius 2 is 1.65 bits per heavy atom. The van der Waals surface area contributed by atoms with Gasteiger partial charge in [0.1, 0.15) is 5.75 Å². The quantitative estimate of drug-likeness (QED) is 0.651. The third kappa shape index (κ3) is 6.10. The van der Waals surface area contributed by atoms with Crippen LogP contribution in [0.15, 0.2) is 60.7 Å². The van der Waals surface area contributed by atoms with Crippen molar-refractivity contribution >= 4 is 17.7 Å². The van der Waals surface area contributed by atoms with E-state index in [0.717, 1.165) is 43.9 Å². The Labute approximate surface area is 160 Å². The molecule has 0 radical (unpaired) electrons. The fourth-order valence-corrected chi connectivity index (χ4v) is 4.02. The van der Waals surface area contributed by atoms with Crippen molar-refractivity contribution in [1.82, 2.24) is 4.90 Å². The van der Waals surface area contributed by atoms with E-state index in [1.54, 1.807) is 11.8 Å². The highest BCUT2D eigenvalue weighted by Crippen LogP contribution is 2.22. The van der Waals surface area contributed by atoms with E-state index in [1.807, 2.05) is 35.2 Å². The third-order valence-corrected chi connectivity index (χ3v) is 5.71. The number of piperidine rings is 1. The second kappa shape index (κ2) is 10.3. The Morgan fingerprint density at radius 3 is 2.35 bits per heavy atom. The Hall–Kier alpha value is -1.94. The van der Waals surface area contributed by atoms with E-state index in [0.29, 0.717) is 18.3 Å². The van der Waals surface area contributed by atoms with Crippen LogP contribution < -0.4 is 4.74 Å². The highest BCUT2D eigenvalue weighted by atomic mass is 32.2. The summed E-state index contributed by atoms with van der Waals surface area (Å²) in [7, 11) is 0. The number of benzene rings is 2. The molecule has 0 atom stereocenters. The van der Waals surface area contributed by atoms with Crippen LogP contribution in [0, 0.1) is 5.92 Å². The van der Waals surface area contributed by atoms with Crippen LogP contribution in [0.1, 0.15) is 18.4 Å². The fourth-order valence-electron chi connectivity index (χ4n) is 3.32. The number of hydrogen-bond donors (Lipinski definition) is 0. The van der Waals surface area contributed by atoms with Gasteiger partial charge in [-0.05, 0) is 42.9 Å². The van der Waals surface area contributed by atoms with Crippen molar-refractivity contribution in [2.45, 2.75) is 19.3 Å². The molecule has 26 heavy (non-hydrogen) atoms. The second-order valence-corrected chi connectivity index (χ2v) is 7.83. The summed E-state index contributed by atoms with van der Waals surface area (Å²) in [5, 5.41) is 0. The Balaban J connectivity index is 1.29. The van der Waals surface area contributed by atoms with Crippen molar-refractivity contribution in [1.29, 1.82) is 0 Å². The number of likely N-dealkylation sites (tertiary alicyclic amines) is 1. The zero-order chi connectivity index (χ0) is 18.0. The summed E-state index contributed by atoms with van der Waals surface area (Å²) in [6.45, 7) is 2.44. The lowest BCUT2D eigenvalue weighted by Crippen LogP contribution is -2.40. The lowest BCUT2D eigenvalue weighted by atomic mass is 9.90. The van der Waals surface area contributed by atoms with Gasteiger partial charge in [0.2, 0.25) is 5.91 Å². The lowest BCUT2D eigenvalue weighted by molar-refractivity contribution is -0.129. The lowest BCUT2D eigenvalue weighted by Gasteiger charge is -2.32. The number of carbonyl (C=O) groups excluding carboxylic acids is 1. The number of para-hydroxylation sites is 1. The normalized spacial score (nSPS) is 15.0. The van der Waals surface area contributed by atoms with Crippen LogP contribution in [-0.2, 0) is 11.2 Å². The summed E-state index contributed by atoms with van der Waals surface area (Å²) in [6, 6.07) is 20.5. The predicted octanol–water partition coefficient (Wildman–Crippen LogP) is 4.28. The van der Waals surface area contributed by atoms with Gasteiger partial charge in [-0.25, -0.2) is 0 Å². The summed E-state index contributed by atoms with van der Waals surface area (Å²) >= 11 is 1.66. The van der Waals surface area contributed by atoms with E-state index in [1.165, 1.54) is 5.56 Å². The first-order valence-corrected chi connectivity index (χ1v) is 10.5. The maximum atomic E-state index is 12.4. The average Bonchev–Trinajstić information content (AvgIpc) is 2.70. The molecule has 1 fully saturated rings. The maximum absolute atomic E-state index is 12.4. The van der Waals surface area contributed by atoms with Crippen molar-refractivity contribution < 1.29 is 9.53 Å². The molecule has 0 saturated carbocycles. The van der Waals surface area contributed by atoms with Crippen LogP contribution in [0.2, 0.25) is 0 Å². The first-order valence-electron chi connectivity index (χ1n) is 9.38. The Morgan fingerprint density at radius 1 is 1.00 bits per heavy atom. The van der Waals surface area contributed by atoms with Gasteiger partial charge in [0.05, 0.1) is 12.4 Å². The van der Waals surface area contributed by atoms with Gasteiger partial charge in [0.15, 0.2) is 0 Å². The SMILES string of the molecule is O=C(CSCCOc1ccccc1)N1CCC(Cc2ccccc2)CC1.